The van der Waals surface area contributed by atoms with Gasteiger partial charge < -0.3 is 19.7 Å². The second-order valence-electron chi connectivity index (χ2n) is 8.70. The molecule has 1 saturated carbocycles. The molecular weight excluding hydrogens is 449 g/mol. The van der Waals surface area contributed by atoms with E-state index in [4.69, 9.17) is 9.47 Å². The standard InChI is InChI=1S/C24H37N3O3.2ClH/c1-19-4-8-21(9-5-19)25-24(28)11-7-20-6-10-22(23(18-20)29-3)30-17-16-27-14-12-26(2)13-15-27;;/h6-7,10-11,18-19,21H,4-5,8-9,12-17H2,1-3H3,(H,25,28);2*1H/b11-7+;;. The van der Waals surface area contributed by atoms with E-state index in [9.17, 15) is 4.79 Å². The Balaban J connectivity index is 0.00000256. The second-order valence-corrected chi connectivity index (χ2v) is 8.70. The number of halogens is 2. The van der Waals surface area contributed by atoms with Gasteiger partial charge in [0.05, 0.1) is 7.11 Å². The summed E-state index contributed by atoms with van der Waals surface area (Å²) >= 11 is 0. The van der Waals surface area contributed by atoms with Crippen LogP contribution in [0.3, 0.4) is 0 Å². The van der Waals surface area contributed by atoms with Crippen molar-refractivity contribution in [1.82, 2.24) is 15.1 Å². The number of nitrogens with zero attached hydrogens (tertiary/aromatic N) is 2. The highest BCUT2D eigenvalue weighted by Gasteiger charge is 2.19. The van der Waals surface area contributed by atoms with Crippen molar-refractivity contribution in [3.05, 3.63) is 29.8 Å². The van der Waals surface area contributed by atoms with E-state index in [0.29, 0.717) is 18.4 Å². The highest BCUT2D eigenvalue weighted by atomic mass is 35.5. The van der Waals surface area contributed by atoms with Gasteiger partial charge in [0.2, 0.25) is 5.91 Å². The number of benzene rings is 1. The molecule has 2 fully saturated rings. The first-order chi connectivity index (χ1) is 14.5. The van der Waals surface area contributed by atoms with Crippen molar-refractivity contribution in [2.75, 3.05) is 53.5 Å². The third kappa shape index (κ3) is 9.18. The fourth-order valence-electron chi connectivity index (χ4n) is 4.09. The van der Waals surface area contributed by atoms with Crippen molar-refractivity contribution < 1.29 is 14.3 Å². The molecule has 0 bridgehead atoms. The molecule has 1 N–H and O–H groups in total. The molecule has 0 spiro atoms. The van der Waals surface area contributed by atoms with Crippen molar-refractivity contribution in [3.63, 3.8) is 0 Å². The van der Waals surface area contributed by atoms with Gasteiger partial charge in [-0.25, -0.2) is 0 Å². The van der Waals surface area contributed by atoms with Crippen molar-refractivity contribution in [2.45, 2.75) is 38.6 Å². The van der Waals surface area contributed by atoms with Crippen LogP contribution in [-0.4, -0.2) is 75.2 Å². The summed E-state index contributed by atoms with van der Waals surface area (Å²) in [6.45, 7) is 8.22. The van der Waals surface area contributed by atoms with E-state index in [1.807, 2.05) is 24.3 Å². The highest BCUT2D eigenvalue weighted by molar-refractivity contribution is 5.92. The van der Waals surface area contributed by atoms with E-state index in [1.165, 1.54) is 12.8 Å². The molecule has 6 nitrogen and oxygen atoms in total. The van der Waals surface area contributed by atoms with Gasteiger partial charge in [-0.2, -0.15) is 0 Å². The molecule has 1 aliphatic heterocycles. The molecule has 0 unspecified atom stereocenters. The number of ether oxygens (including phenoxy) is 2. The predicted molar refractivity (Wildman–Crippen MR) is 136 cm³/mol. The third-order valence-corrected chi connectivity index (χ3v) is 6.24. The summed E-state index contributed by atoms with van der Waals surface area (Å²) < 4.78 is 11.5. The van der Waals surface area contributed by atoms with Gasteiger partial charge in [0.1, 0.15) is 6.61 Å². The van der Waals surface area contributed by atoms with Crippen LogP contribution in [0.15, 0.2) is 24.3 Å². The number of carbonyl (C=O) groups is 1. The van der Waals surface area contributed by atoms with E-state index >= 15 is 0 Å². The maximum Gasteiger partial charge on any atom is 0.244 e. The number of rotatable bonds is 8. The number of methoxy groups -OCH3 is 1. The Hall–Kier alpha value is -1.47. The summed E-state index contributed by atoms with van der Waals surface area (Å²) in [5.41, 5.74) is 0.922. The zero-order valence-electron chi connectivity index (χ0n) is 19.5. The quantitative estimate of drug-likeness (QED) is 0.563. The van der Waals surface area contributed by atoms with Gasteiger partial charge in [0, 0.05) is 44.8 Å². The summed E-state index contributed by atoms with van der Waals surface area (Å²) in [5, 5.41) is 3.12. The topological polar surface area (TPSA) is 54.0 Å². The molecular formula is C24H39Cl2N3O3. The Morgan fingerprint density at radius 2 is 1.78 bits per heavy atom. The van der Waals surface area contributed by atoms with Gasteiger partial charge in [0.25, 0.3) is 0 Å². The first-order valence-corrected chi connectivity index (χ1v) is 11.2. The molecule has 182 valence electrons. The maximum atomic E-state index is 12.2. The zero-order valence-corrected chi connectivity index (χ0v) is 21.2. The first-order valence-electron chi connectivity index (χ1n) is 11.2. The fraction of sp³-hybridized carbons (Fsp3) is 0.625. The summed E-state index contributed by atoms with van der Waals surface area (Å²) in [5.74, 6) is 2.19. The number of hydrogen-bond acceptors (Lipinski definition) is 5. The lowest BCUT2D eigenvalue weighted by Crippen LogP contribution is -2.45. The van der Waals surface area contributed by atoms with Crippen LogP contribution in [-0.2, 0) is 4.79 Å². The van der Waals surface area contributed by atoms with Gasteiger partial charge in [0.15, 0.2) is 11.5 Å². The minimum atomic E-state index is -0.0268. The Bertz CT molecular complexity index is 716. The summed E-state index contributed by atoms with van der Waals surface area (Å²) in [4.78, 5) is 17.0. The minimum Gasteiger partial charge on any atom is -0.493 e. The predicted octanol–water partition coefficient (Wildman–Crippen LogP) is 3.87. The highest BCUT2D eigenvalue weighted by Crippen LogP contribution is 2.28. The number of carbonyl (C=O) groups excluding carboxylic acids is 1. The van der Waals surface area contributed by atoms with Crippen molar-refractivity contribution >= 4 is 36.8 Å². The van der Waals surface area contributed by atoms with Crippen LogP contribution in [0.5, 0.6) is 11.5 Å². The summed E-state index contributed by atoms with van der Waals surface area (Å²) in [7, 11) is 3.81. The van der Waals surface area contributed by atoms with Crippen LogP contribution in [0, 0.1) is 5.92 Å². The molecule has 1 aliphatic carbocycles. The van der Waals surface area contributed by atoms with Crippen LogP contribution >= 0.6 is 24.8 Å². The van der Waals surface area contributed by atoms with Crippen LogP contribution in [0.1, 0.15) is 38.2 Å². The molecule has 1 aromatic carbocycles. The minimum absolute atomic E-state index is 0. The van der Waals surface area contributed by atoms with Crippen LogP contribution < -0.4 is 14.8 Å². The van der Waals surface area contributed by atoms with Gasteiger partial charge in [-0.15, -0.1) is 24.8 Å². The van der Waals surface area contributed by atoms with E-state index in [1.54, 1.807) is 13.2 Å². The summed E-state index contributed by atoms with van der Waals surface area (Å²) in [6.07, 6.45) is 7.99. The number of piperazine rings is 1. The Morgan fingerprint density at radius 1 is 1.09 bits per heavy atom. The number of nitrogens with one attached hydrogen (secondary N) is 1. The molecule has 1 aromatic rings. The van der Waals surface area contributed by atoms with Gasteiger partial charge >= 0.3 is 0 Å². The summed E-state index contributed by atoms with van der Waals surface area (Å²) in [6, 6.07) is 6.10. The Labute approximate surface area is 205 Å². The molecule has 1 amide bonds. The molecule has 32 heavy (non-hydrogen) atoms. The van der Waals surface area contributed by atoms with Crippen LogP contribution in [0.2, 0.25) is 0 Å². The number of amides is 1. The van der Waals surface area contributed by atoms with Gasteiger partial charge in [-0.3, -0.25) is 9.69 Å². The number of likely N-dealkylation sites (N-methyl/N-ethyl adjacent to an activating group) is 1. The Morgan fingerprint density at radius 3 is 2.44 bits per heavy atom. The van der Waals surface area contributed by atoms with Crippen molar-refractivity contribution in [3.8, 4) is 11.5 Å². The van der Waals surface area contributed by atoms with Crippen molar-refractivity contribution in [1.29, 1.82) is 0 Å². The van der Waals surface area contributed by atoms with Gasteiger partial charge in [-0.05, 0) is 62.4 Å². The lowest BCUT2D eigenvalue weighted by molar-refractivity contribution is -0.117. The molecule has 2 aliphatic rings. The first kappa shape index (κ1) is 28.6. The van der Waals surface area contributed by atoms with Crippen molar-refractivity contribution in [2.24, 2.45) is 5.92 Å². The lowest BCUT2D eigenvalue weighted by atomic mass is 9.87. The van der Waals surface area contributed by atoms with E-state index in [2.05, 4.69) is 29.1 Å². The van der Waals surface area contributed by atoms with E-state index in [0.717, 1.165) is 62.8 Å². The smallest absolute Gasteiger partial charge is 0.244 e. The Kier molecular flexibility index (Phi) is 13.1. The third-order valence-electron chi connectivity index (χ3n) is 6.24. The maximum absolute atomic E-state index is 12.2. The largest absolute Gasteiger partial charge is 0.493 e. The van der Waals surface area contributed by atoms with E-state index in [-0.39, 0.29) is 30.7 Å². The average molecular weight is 489 g/mol. The van der Waals surface area contributed by atoms with E-state index < -0.39 is 0 Å². The molecule has 0 aromatic heterocycles. The monoisotopic (exact) mass is 487 g/mol. The zero-order chi connectivity index (χ0) is 21.3. The molecule has 1 saturated heterocycles. The fourth-order valence-corrected chi connectivity index (χ4v) is 4.09. The average Bonchev–Trinajstić information content (AvgIpc) is 2.76. The number of hydrogen-bond donors (Lipinski definition) is 1. The molecule has 0 radical (unpaired) electrons. The van der Waals surface area contributed by atoms with Gasteiger partial charge in [-0.1, -0.05) is 13.0 Å². The normalized spacial score (nSPS) is 22.0. The van der Waals surface area contributed by atoms with Crippen LogP contribution in [0.25, 0.3) is 6.08 Å². The lowest BCUT2D eigenvalue weighted by Gasteiger charge is -2.32. The SMILES string of the molecule is COc1cc(/C=C/C(=O)NC2CCC(C)CC2)ccc1OCCN1CCN(C)CC1.Cl.Cl. The van der Waals surface area contributed by atoms with Crippen LogP contribution in [0.4, 0.5) is 0 Å². The molecule has 8 heteroatoms. The molecule has 1 heterocycles. The molecule has 3 rings (SSSR count). The molecule has 0 atom stereocenters. The second kappa shape index (κ2) is 14.6.